The smallest absolute Gasteiger partial charge is 0.188 e. The second-order valence-corrected chi connectivity index (χ2v) is 2.77. The van der Waals surface area contributed by atoms with E-state index in [1.807, 2.05) is 18.2 Å². The molecule has 0 saturated heterocycles. The molecule has 0 aliphatic rings. The highest BCUT2D eigenvalue weighted by Crippen LogP contribution is 1.97. The van der Waals surface area contributed by atoms with E-state index in [0.29, 0.717) is 5.96 Å². The second kappa shape index (κ2) is 5.19. The molecule has 0 heterocycles. The van der Waals surface area contributed by atoms with Gasteiger partial charge in [-0.2, -0.15) is 0 Å². The minimum atomic E-state index is 0.496. The van der Waals surface area contributed by atoms with E-state index in [1.54, 1.807) is 7.05 Å². The topological polar surface area (TPSA) is 50.4 Å². The van der Waals surface area contributed by atoms with E-state index >= 15 is 0 Å². The summed E-state index contributed by atoms with van der Waals surface area (Å²) >= 11 is 0. The van der Waals surface area contributed by atoms with Crippen LogP contribution in [0.5, 0.6) is 0 Å². The number of guanidine groups is 1. The quantitative estimate of drug-likeness (QED) is 0.529. The van der Waals surface area contributed by atoms with Crippen molar-refractivity contribution in [2.75, 3.05) is 13.6 Å². The zero-order valence-electron chi connectivity index (χ0n) is 7.83. The predicted octanol–water partition coefficient (Wildman–Crippen LogP) is 0.763. The first-order valence-electron chi connectivity index (χ1n) is 4.33. The van der Waals surface area contributed by atoms with Gasteiger partial charge in [0.2, 0.25) is 0 Å². The highest BCUT2D eigenvalue weighted by atomic mass is 15.1. The lowest BCUT2D eigenvalue weighted by molar-refractivity contribution is 0.857. The third-order valence-electron chi connectivity index (χ3n) is 1.80. The van der Waals surface area contributed by atoms with Crippen molar-refractivity contribution < 1.29 is 0 Å². The van der Waals surface area contributed by atoms with Crippen molar-refractivity contribution in [2.24, 2.45) is 10.7 Å². The van der Waals surface area contributed by atoms with Crippen LogP contribution in [0.15, 0.2) is 35.3 Å². The van der Waals surface area contributed by atoms with Crippen molar-refractivity contribution in [3.8, 4) is 0 Å². The molecular weight excluding hydrogens is 162 g/mol. The van der Waals surface area contributed by atoms with Crippen LogP contribution in [0.1, 0.15) is 5.56 Å². The van der Waals surface area contributed by atoms with Crippen molar-refractivity contribution >= 4 is 5.96 Å². The first kappa shape index (κ1) is 9.58. The van der Waals surface area contributed by atoms with Gasteiger partial charge in [0.05, 0.1) is 0 Å². The molecule has 0 radical (unpaired) electrons. The van der Waals surface area contributed by atoms with Crippen LogP contribution in [0, 0.1) is 0 Å². The van der Waals surface area contributed by atoms with Crippen LogP contribution in [0.25, 0.3) is 0 Å². The van der Waals surface area contributed by atoms with E-state index in [-0.39, 0.29) is 0 Å². The van der Waals surface area contributed by atoms with E-state index in [9.17, 15) is 0 Å². The molecule has 0 aliphatic heterocycles. The number of aliphatic imine (C=N–C) groups is 1. The largest absolute Gasteiger partial charge is 0.370 e. The van der Waals surface area contributed by atoms with E-state index in [2.05, 4.69) is 22.4 Å². The average Bonchev–Trinajstić information content (AvgIpc) is 2.19. The zero-order chi connectivity index (χ0) is 9.52. The van der Waals surface area contributed by atoms with Gasteiger partial charge >= 0.3 is 0 Å². The molecule has 0 spiro atoms. The van der Waals surface area contributed by atoms with Crippen molar-refractivity contribution in [1.82, 2.24) is 5.32 Å². The third kappa shape index (κ3) is 3.60. The Kier molecular flexibility index (Phi) is 3.82. The molecule has 0 bridgehead atoms. The van der Waals surface area contributed by atoms with Gasteiger partial charge in [-0.05, 0) is 12.0 Å². The molecule has 0 unspecified atom stereocenters. The van der Waals surface area contributed by atoms with E-state index in [1.165, 1.54) is 5.56 Å². The predicted molar refractivity (Wildman–Crippen MR) is 55.7 cm³/mol. The van der Waals surface area contributed by atoms with Crippen LogP contribution in [-0.4, -0.2) is 19.6 Å². The molecule has 70 valence electrons. The lowest BCUT2D eigenvalue weighted by atomic mass is 10.1. The Morgan fingerprint density at radius 3 is 2.69 bits per heavy atom. The van der Waals surface area contributed by atoms with Crippen LogP contribution in [0.4, 0.5) is 0 Å². The summed E-state index contributed by atoms with van der Waals surface area (Å²) in [7, 11) is 1.67. The van der Waals surface area contributed by atoms with Crippen LogP contribution >= 0.6 is 0 Å². The maximum Gasteiger partial charge on any atom is 0.188 e. The third-order valence-corrected chi connectivity index (χ3v) is 1.80. The maximum absolute atomic E-state index is 5.48. The number of rotatable bonds is 3. The minimum absolute atomic E-state index is 0.496. The Labute approximate surface area is 78.7 Å². The Bertz CT molecular complexity index is 267. The number of benzene rings is 1. The van der Waals surface area contributed by atoms with E-state index in [0.717, 1.165) is 13.0 Å². The lowest BCUT2D eigenvalue weighted by Crippen LogP contribution is -2.32. The summed E-state index contributed by atoms with van der Waals surface area (Å²) in [6, 6.07) is 10.3. The monoisotopic (exact) mass is 177 g/mol. The molecule has 0 fully saturated rings. The van der Waals surface area contributed by atoms with Gasteiger partial charge in [-0.25, -0.2) is 0 Å². The Morgan fingerprint density at radius 2 is 2.08 bits per heavy atom. The molecule has 1 aromatic carbocycles. The summed E-state index contributed by atoms with van der Waals surface area (Å²) in [4.78, 5) is 3.80. The van der Waals surface area contributed by atoms with Crippen LogP contribution in [-0.2, 0) is 6.42 Å². The van der Waals surface area contributed by atoms with Gasteiger partial charge in [-0.3, -0.25) is 4.99 Å². The number of nitrogens with two attached hydrogens (primary N) is 1. The molecule has 3 N–H and O–H groups in total. The van der Waals surface area contributed by atoms with Crippen molar-refractivity contribution in [3.63, 3.8) is 0 Å². The number of hydrogen-bond acceptors (Lipinski definition) is 1. The summed E-state index contributed by atoms with van der Waals surface area (Å²) in [6.07, 6.45) is 0.969. The molecule has 1 aromatic rings. The van der Waals surface area contributed by atoms with E-state index < -0.39 is 0 Å². The molecule has 0 aromatic heterocycles. The Hall–Kier alpha value is -1.51. The molecule has 0 atom stereocenters. The Balaban J connectivity index is 2.28. The SMILES string of the molecule is CN=C(N)NCCc1ccccc1. The van der Waals surface area contributed by atoms with Crippen LogP contribution < -0.4 is 11.1 Å². The molecule has 0 aliphatic carbocycles. The maximum atomic E-state index is 5.48. The van der Waals surface area contributed by atoms with Gasteiger partial charge in [0.25, 0.3) is 0 Å². The number of nitrogens with zero attached hydrogens (tertiary/aromatic N) is 1. The number of hydrogen-bond donors (Lipinski definition) is 2. The lowest BCUT2D eigenvalue weighted by Gasteiger charge is -2.03. The van der Waals surface area contributed by atoms with Crippen LogP contribution in [0.3, 0.4) is 0 Å². The summed E-state index contributed by atoms with van der Waals surface area (Å²) in [6.45, 7) is 0.827. The van der Waals surface area contributed by atoms with E-state index in [4.69, 9.17) is 5.73 Å². The fourth-order valence-corrected chi connectivity index (χ4v) is 1.06. The minimum Gasteiger partial charge on any atom is -0.370 e. The zero-order valence-corrected chi connectivity index (χ0v) is 7.83. The van der Waals surface area contributed by atoms with Gasteiger partial charge in [0.15, 0.2) is 5.96 Å². The van der Waals surface area contributed by atoms with Crippen molar-refractivity contribution in [1.29, 1.82) is 0 Å². The normalized spacial score (nSPS) is 11.3. The first-order chi connectivity index (χ1) is 6.33. The van der Waals surface area contributed by atoms with Gasteiger partial charge in [-0.1, -0.05) is 30.3 Å². The molecule has 13 heavy (non-hydrogen) atoms. The molecule has 3 heteroatoms. The Morgan fingerprint density at radius 1 is 1.38 bits per heavy atom. The highest BCUT2D eigenvalue weighted by molar-refractivity contribution is 5.77. The van der Waals surface area contributed by atoms with Gasteiger partial charge in [0.1, 0.15) is 0 Å². The second-order valence-electron chi connectivity index (χ2n) is 2.77. The van der Waals surface area contributed by atoms with Gasteiger partial charge in [0, 0.05) is 13.6 Å². The summed E-state index contributed by atoms with van der Waals surface area (Å²) in [5.74, 6) is 0.496. The average molecular weight is 177 g/mol. The summed E-state index contributed by atoms with van der Waals surface area (Å²) < 4.78 is 0. The van der Waals surface area contributed by atoms with Gasteiger partial charge < -0.3 is 11.1 Å². The summed E-state index contributed by atoms with van der Waals surface area (Å²) in [5, 5.41) is 3.01. The molecule has 0 saturated carbocycles. The standard InChI is InChI=1S/C10H15N3/c1-12-10(11)13-8-7-9-5-3-2-4-6-9/h2-6H,7-8H2,1H3,(H3,11,12,13). The van der Waals surface area contributed by atoms with Crippen molar-refractivity contribution in [3.05, 3.63) is 35.9 Å². The first-order valence-corrected chi connectivity index (χ1v) is 4.33. The summed E-state index contributed by atoms with van der Waals surface area (Å²) in [5.41, 5.74) is 6.78. The fourth-order valence-electron chi connectivity index (χ4n) is 1.06. The highest BCUT2D eigenvalue weighted by Gasteiger charge is 1.91. The van der Waals surface area contributed by atoms with Crippen LogP contribution in [0.2, 0.25) is 0 Å². The fraction of sp³-hybridized carbons (Fsp3) is 0.300. The molecule has 1 rings (SSSR count). The molecule has 3 nitrogen and oxygen atoms in total. The number of nitrogens with one attached hydrogen (secondary N) is 1. The van der Waals surface area contributed by atoms with Crippen molar-refractivity contribution in [2.45, 2.75) is 6.42 Å². The molecule has 0 amide bonds. The molecular formula is C10H15N3. The van der Waals surface area contributed by atoms with Gasteiger partial charge in [-0.15, -0.1) is 0 Å².